The molecule has 22 heavy (non-hydrogen) atoms. The molecule has 1 aromatic carbocycles. The molecule has 116 valence electrons. The molecule has 2 rings (SSSR count). The monoisotopic (exact) mass is 300 g/mol. The summed E-state index contributed by atoms with van der Waals surface area (Å²) in [7, 11) is 0. The number of azo groups is 1. The van der Waals surface area contributed by atoms with Crippen LogP contribution in [0.1, 0.15) is 5.56 Å². The Hall–Kier alpha value is -2.31. The van der Waals surface area contributed by atoms with Gasteiger partial charge in [-0.25, -0.2) is 0 Å². The van der Waals surface area contributed by atoms with Gasteiger partial charge in [0.1, 0.15) is 0 Å². The van der Waals surface area contributed by atoms with Gasteiger partial charge in [0.25, 0.3) is 0 Å². The summed E-state index contributed by atoms with van der Waals surface area (Å²) in [5.41, 5.74) is 3.47. The van der Waals surface area contributed by atoms with Crippen LogP contribution in [-0.4, -0.2) is 41.5 Å². The van der Waals surface area contributed by atoms with Crippen LogP contribution in [0, 0.1) is 6.92 Å². The Kier molecular flexibility index (Phi) is 6.00. The summed E-state index contributed by atoms with van der Waals surface area (Å²) in [6.45, 7) is 3.02. The Morgan fingerprint density at radius 2 is 1.68 bits per heavy atom. The molecule has 6 heteroatoms. The Bertz CT molecular complexity index is 611. The zero-order valence-electron chi connectivity index (χ0n) is 12.6. The molecular weight excluding hydrogens is 280 g/mol. The van der Waals surface area contributed by atoms with Crippen LogP contribution in [0.25, 0.3) is 0 Å². The third-order valence-electron chi connectivity index (χ3n) is 3.22. The molecule has 2 aromatic rings. The fourth-order valence-corrected chi connectivity index (χ4v) is 2.08. The average molecular weight is 300 g/mol. The van der Waals surface area contributed by atoms with E-state index in [9.17, 15) is 0 Å². The van der Waals surface area contributed by atoms with Gasteiger partial charge in [0.15, 0.2) is 0 Å². The number of aryl methyl sites for hydroxylation is 1. The second-order valence-electron chi connectivity index (χ2n) is 4.81. The second-order valence-corrected chi connectivity index (χ2v) is 4.81. The van der Waals surface area contributed by atoms with Gasteiger partial charge in [-0.15, -0.1) is 0 Å². The summed E-state index contributed by atoms with van der Waals surface area (Å²) in [5, 5.41) is 26.6. The molecule has 0 aliphatic heterocycles. The highest BCUT2D eigenvalue weighted by atomic mass is 16.3. The molecule has 0 saturated carbocycles. The maximum Gasteiger partial charge on any atom is 0.0887 e. The van der Waals surface area contributed by atoms with E-state index in [0.717, 1.165) is 22.6 Å². The Morgan fingerprint density at radius 1 is 1.00 bits per heavy atom. The maximum absolute atomic E-state index is 9.10. The van der Waals surface area contributed by atoms with Crippen molar-refractivity contribution in [2.75, 3.05) is 31.2 Å². The highest BCUT2D eigenvalue weighted by molar-refractivity contribution is 5.57. The van der Waals surface area contributed by atoms with Crippen LogP contribution in [0.5, 0.6) is 0 Å². The van der Waals surface area contributed by atoms with Crippen molar-refractivity contribution >= 4 is 17.1 Å². The Balaban J connectivity index is 2.17. The average Bonchev–Trinajstić information content (AvgIpc) is 2.54. The zero-order valence-corrected chi connectivity index (χ0v) is 12.6. The molecule has 0 saturated heterocycles. The van der Waals surface area contributed by atoms with Gasteiger partial charge in [0.05, 0.1) is 24.6 Å². The number of nitrogens with zero attached hydrogens (tertiary/aromatic N) is 4. The third kappa shape index (κ3) is 4.34. The first-order chi connectivity index (χ1) is 10.7. The van der Waals surface area contributed by atoms with E-state index in [4.69, 9.17) is 10.2 Å². The smallest absolute Gasteiger partial charge is 0.0887 e. The molecule has 0 fully saturated rings. The maximum atomic E-state index is 9.10. The molecule has 6 nitrogen and oxygen atoms in total. The van der Waals surface area contributed by atoms with Crippen molar-refractivity contribution in [1.82, 2.24) is 4.98 Å². The number of hydrogen-bond acceptors (Lipinski definition) is 6. The summed E-state index contributed by atoms with van der Waals surface area (Å²) in [6, 6.07) is 9.36. The van der Waals surface area contributed by atoms with Crippen LogP contribution in [0.2, 0.25) is 0 Å². The van der Waals surface area contributed by atoms with Crippen molar-refractivity contribution in [2.45, 2.75) is 6.92 Å². The van der Waals surface area contributed by atoms with E-state index < -0.39 is 0 Å². The van der Waals surface area contributed by atoms with Crippen molar-refractivity contribution in [3.8, 4) is 0 Å². The standard InChI is InChI=1S/C16H20N4O2/c1-13-12-15(20(8-10-21)9-11-22)2-3-16(13)19-18-14-4-6-17-7-5-14/h2-7,12,21-22H,8-11H2,1H3. The number of rotatable bonds is 7. The van der Waals surface area contributed by atoms with Crippen molar-refractivity contribution < 1.29 is 10.2 Å². The topological polar surface area (TPSA) is 81.3 Å². The molecule has 0 aliphatic carbocycles. The quantitative estimate of drug-likeness (QED) is 0.770. The molecule has 1 aromatic heterocycles. The molecule has 0 aliphatic rings. The molecule has 0 unspecified atom stereocenters. The number of aliphatic hydroxyl groups is 2. The number of benzene rings is 1. The minimum atomic E-state index is 0.0442. The summed E-state index contributed by atoms with van der Waals surface area (Å²) in [4.78, 5) is 5.86. The van der Waals surface area contributed by atoms with Gasteiger partial charge in [0.2, 0.25) is 0 Å². The summed E-state index contributed by atoms with van der Waals surface area (Å²) in [5.74, 6) is 0. The molecule has 2 N–H and O–H groups in total. The van der Waals surface area contributed by atoms with Gasteiger partial charge in [-0.05, 0) is 42.8 Å². The lowest BCUT2D eigenvalue weighted by atomic mass is 10.1. The molecule has 0 radical (unpaired) electrons. The first kappa shape index (κ1) is 16.1. The second kappa shape index (κ2) is 8.21. The van der Waals surface area contributed by atoms with Gasteiger partial charge in [-0.3, -0.25) is 4.98 Å². The summed E-state index contributed by atoms with van der Waals surface area (Å²) < 4.78 is 0. The van der Waals surface area contributed by atoms with E-state index in [1.807, 2.05) is 30.0 Å². The van der Waals surface area contributed by atoms with Gasteiger partial charge in [-0.2, -0.15) is 10.2 Å². The predicted octanol–water partition coefficient (Wildman–Crippen LogP) is 2.60. The van der Waals surface area contributed by atoms with E-state index >= 15 is 0 Å². The summed E-state index contributed by atoms with van der Waals surface area (Å²) >= 11 is 0. The van der Waals surface area contributed by atoms with E-state index in [-0.39, 0.29) is 13.2 Å². The lowest BCUT2D eigenvalue weighted by molar-refractivity contribution is 0.281. The van der Waals surface area contributed by atoms with Crippen LogP contribution in [0.4, 0.5) is 17.1 Å². The Labute approximate surface area is 129 Å². The van der Waals surface area contributed by atoms with Gasteiger partial charge >= 0.3 is 0 Å². The van der Waals surface area contributed by atoms with Gasteiger partial charge in [-0.1, -0.05) is 0 Å². The van der Waals surface area contributed by atoms with Crippen molar-refractivity contribution in [2.24, 2.45) is 10.2 Å². The van der Waals surface area contributed by atoms with Crippen molar-refractivity contribution in [3.05, 3.63) is 48.3 Å². The molecule has 0 atom stereocenters. The van der Waals surface area contributed by atoms with Crippen molar-refractivity contribution in [3.63, 3.8) is 0 Å². The lowest BCUT2D eigenvalue weighted by Crippen LogP contribution is -2.29. The molecule has 1 heterocycles. The van der Waals surface area contributed by atoms with Crippen LogP contribution >= 0.6 is 0 Å². The van der Waals surface area contributed by atoms with Gasteiger partial charge < -0.3 is 15.1 Å². The van der Waals surface area contributed by atoms with Crippen LogP contribution < -0.4 is 4.90 Å². The number of aliphatic hydroxyl groups excluding tert-OH is 2. The zero-order chi connectivity index (χ0) is 15.8. The first-order valence-electron chi connectivity index (χ1n) is 7.13. The van der Waals surface area contributed by atoms with E-state index in [1.165, 1.54) is 0 Å². The minimum Gasteiger partial charge on any atom is -0.395 e. The third-order valence-corrected chi connectivity index (χ3v) is 3.22. The largest absolute Gasteiger partial charge is 0.395 e. The molecular formula is C16H20N4O2. The van der Waals surface area contributed by atoms with Gasteiger partial charge in [0, 0.05) is 31.2 Å². The molecule has 0 amide bonds. The lowest BCUT2D eigenvalue weighted by Gasteiger charge is -2.23. The van der Waals surface area contributed by atoms with E-state index in [0.29, 0.717) is 13.1 Å². The van der Waals surface area contributed by atoms with Crippen molar-refractivity contribution in [1.29, 1.82) is 0 Å². The van der Waals surface area contributed by atoms with E-state index in [2.05, 4.69) is 15.2 Å². The fraction of sp³-hybridized carbons (Fsp3) is 0.312. The fourth-order valence-electron chi connectivity index (χ4n) is 2.08. The molecule has 0 spiro atoms. The highest BCUT2D eigenvalue weighted by Crippen LogP contribution is 2.26. The number of hydrogen-bond donors (Lipinski definition) is 2. The number of pyridine rings is 1. The summed E-state index contributed by atoms with van der Waals surface area (Å²) in [6.07, 6.45) is 3.35. The predicted molar refractivity (Wildman–Crippen MR) is 86.0 cm³/mol. The van der Waals surface area contributed by atoms with Crippen LogP contribution in [0.3, 0.4) is 0 Å². The Morgan fingerprint density at radius 3 is 2.27 bits per heavy atom. The first-order valence-corrected chi connectivity index (χ1v) is 7.13. The molecule has 0 bridgehead atoms. The SMILES string of the molecule is Cc1cc(N(CCO)CCO)ccc1N=Nc1ccncc1. The van der Waals surface area contributed by atoms with E-state index in [1.54, 1.807) is 24.5 Å². The highest BCUT2D eigenvalue weighted by Gasteiger charge is 2.07. The van der Waals surface area contributed by atoms with Crippen LogP contribution in [0.15, 0.2) is 53.0 Å². The number of anilines is 1. The number of aromatic nitrogens is 1. The van der Waals surface area contributed by atoms with Crippen LogP contribution in [-0.2, 0) is 0 Å². The minimum absolute atomic E-state index is 0.0442. The normalized spacial score (nSPS) is 11.0.